The van der Waals surface area contributed by atoms with Gasteiger partial charge in [0.05, 0.1) is 18.8 Å². The Bertz CT molecular complexity index is 697. The van der Waals surface area contributed by atoms with Gasteiger partial charge in [0.25, 0.3) is 5.91 Å². The maximum Gasteiger partial charge on any atom is 0.273 e. The maximum absolute atomic E-state index is 13.0. The lowest BCUT2D eigenvalue weighted by molar-refractivity contribution is -0.00180. The highest BCUT2D eigenvalue weighted by Crippen LogP contribution is 2.27. The van der Waals surface area contributed by atoms with E-state index < -0.39 is 0 Å². The minimum Gasteiger partial charge on any atom is -0.365 e. The number of nitrogens with one attached hydrogen (secondary N) is 1. The number of carbonyl (C=O) groups excluding carboxylic acids is 1. The van der Waals surface area contributed by atoms with Gasteiger partial charge in [0.1, 0.15) is 11.9 Å². The first-order valence-electron chi connectivity index (χ1n) is 7.62. The number of halogens is 1. The average Bonchev–Trinajstić information content (AvgIpc) is 2.96. The second-order valence-corrected chi connectivity index (χ2v) is 6.02. The Morgan fingerprint density at radius 1 is 1.43 bits per heavy atom. The molecule has 1 aromatic carbocycles. The number of hydrogen-bond donors (Lipinski definition) is 1. The van der Waals surface area contributed by atoms with Crippen LogP contribution >= 0.6 is 0 Å². The van der Waals surface area contributed by atoms with Gasteiger partial charge in [-0.15, -0.1) is 5.10 Å². The quantitative estimate of drug-likeness (QED) is 0.937. The Balaban J connectivity index is 1.73. The molecule has 0 radical (unpaired) electrons. The monoisotopic (exact) mass is 318 g/mol. The number of aromatic nitrogens is 3. The molecule has 23 heavy (non-hydrogen) atoms. The first-order chi connectivity index (χ1) is 11.0. The second-order valence-electron chi connectivity index (χ2n) is 6.02. The smallest absolute Gasteiger partial charge is 0.273 e. The van der Waals surface area contributed by atoms with Crippen LogP contribution in [0.5, 0.6) is 0 Å². The summed E-state index contributed by atoms with van der Waals surface area (Å²) in [6.07, 6.45) is -0.226. The third-order valence-corrected chi connectivity index (χ3v) is 3.73. The minimum absolute atomic E-state index is 0.226. The van der Waals surface area contributed by atoms with Crippen molar-refractivity contribution >= 4 is 5.91 Å². The van der Waals surface area contributed by atoms with Crippen LogP contribution < -0.4 is 5.32 Å². The number of nitrogens with zero attached hydrogens (tertiary/aromatic N) is 3. The molecule has 1 aliphatic rings. The van der Waals surface area contributed by atoms with Crippen LogP contribution in [0.2, 0.25) is 0 Å². The van der Waals surface area contributed by atoms with Gasteiger partial charge in [-0.25, -0.2) is 9.07 Å². The summed E-state index contributed by atoms with van der Waals surface area (Å²) >= 11 is 0. The summed E-state index contributed by atoms with van der Waals surface area (Å²) in [5.74, 6) is -0.150. The number of amides is 1. The summed E-state index contributed by atoms with van der Waals surface area (Å²) in [6, 6.07) is 6.19. The lowest BCUT2D eigenvalue weighted by Crippen LogP contribution is -2.30. The zero-order valence-corrected chi connectivity index (χ0v) is 13.1. The molecule has 0 saturated heterocycles. The molecular weight excluding hydrogens is 299 g/mol. The van der Waals surface area contributed by atoms with E-state index in [0.29, 0.717) is 30.4 Å². The van der Waals surface area contributed by atoms with E-state index in [4.69, 9.17) is 4.74 Å². The molecule has 6 nitrogen and oxygen atoms in total. The van der Waals surface area contributed by atoms with Gasteiger partial charge in [0.2, 0.25) is 0 Å². The van der Waals surface area contributed by atoms with Crippen molar-refractivity contribution in [1.29, 1.82) is 0 Å². The molecule has 1 amide bonds. The molecule has 2 aromatic rings. The number of rotatable bonds is 4. The van der Waals surface area contributed by atoms with Gasteiger partial charge in [0, 0.05) is 6.54 Å². The molecule has 0 saturated carbocycles. The molecule has 1 aromatic heterocycles. The van der Waals surface area contributed by atoms with Crippen molar-refractivity contribution in [2.45, 2.75) is 33.1 Å². The Labute approximate surface area is 133 Å². The Morgan fingerprint density at radius 2 is 2.17 bits per heavy atom. The van der Waals surface area contributed by atoms with Crippen LogP contribution in [0.3, 0.4) is 0 Å². The lowest BCUT2D eigenvalue weighted by Gasteiger charge is -2.24. The molecule has 1 aliphatic heterocycles. The maximum atomic E-state index is 13.0. The summed E-state index contributed by atoms with van der Waals surface area (Å²) in [7, 11) is 0. The fourth-order valence-corrected chi connectivity index (χ4v) is 2.45. The molecule has 7 heteroatoms. The highest BCUT2D eigenvalue weighted by atomic mass is 19.1. The summed E-state index contributed by atoms with van der Waals surface area (Å²) in [4.78, 5) is 12.1. The third-order valence-electron chi connectivity index (χ3n) is 3.73. The van der Waals surface area contributed by atoms with Gasteiger partial charge in [-0.2, -0.15) is 0 Å². The van der Waals surface area contributed by atoms with Gasteiger partial charge < -0.3 is 10.1 Å². The summed E-state index contributed by atoms with van der Waals surface area (Å²) < 4.78 is 20.5. The standard InChI is InChI=1S/C16H19FN4O2/c1-10(2)7-18-16(22)15-13-9-23-14(8-21(13)20-19-15)11-3-5-12(17)6-4-11/h3-6,10,14H,7-9H2,1-2H3,(H,18,22)/t14-/m0/s1. The molecule has 0 unspecified atom stereocenters. The molecule has 0 fully saturated rings. The largest absolute Gasteiger partial charge is 0.365 e. The predicted octanol–water partition coefficient (Wildman–Crippen LogP) is 2.07. The topological polar surface area (TPSA) is 69.0 Å². The van der Waals surface area contributed by atoms with E-state index in [2.05, 4.69) is 15.6 Å². The molecule has 3 rings (SSSR count). The minimum atomic E-state index is -0.282. The van der Waals surface area contributed by atoms with Gasteiger partial charge >= 0.3 is 0 Å². The molecule has 1 atom stereocenters. The van der Waals surface area contributed by atoms with E-state index >= 15 is 0 Å². The molecule has 1 N–H and O–H groups in total. The van der Waals surface area contributed by atoms with Crippen LogP contribution in [-0.2, 0) is 17.9 Å². The van der Waals surface area contributed by atoms with Gasteiger partial charge in [-0.1, -0.05) is 31.2 Å². The van der Waals surface area contributed by atoms with Crippen molar-refractivity contribution in [2.75, 3.05) is 6.54 Å². The molecule has 0 spiro atoms. The Kier molecular flexibility index (Phi) is 4.38. The summed E-state index contributed by atoms with van der Waals surface area (Å²) in [5.41, 5.74) is 1.85. The number of carbonyl (C=O) groups is 1. The van der Waals surface area contributed by atoms with E-state index in [1.165, 1.54) is 12.1 Å². The van der Waals surface area contributed by atoms with E-state index in [-0.39, 0.29) is 24.4 Å². The lowest BCUT2D eigenvalue weighted by atomic mass is 10.1. The summed E-state index contributed by atoms with van der Waals surface area (Å²) in [6.45, 7) is 5.34. The fraction of sp³-hybridized carbons (Fsp3) is 0.438. The number of ether oxygens (including phenoxy) is 1. The molecular formula is C16H19FN4O2. The Morgan fingerprint density at radius 3 is 2.87 bits per heavy atom. The van der Waals surface area contributed by atoms with E-state index in [1.54, 1.807) is 16.8 Å². The van der Waals surface area contributed by atoms with Crippen LogP contribution in [0.4, 0.5) is 4.39 Å². The molecule has 122 valence electrons. The van der Waals surface area contributed by atoms with Crippen molar-refractivity contribution in [3.05, 3.63) is 47.0 Å². The predicted molar refractivity (Wildman–Crippen MR) is 81.1 cm³/mol. The molecule has 0 bridgehead atoms. The molecule has 0 aliphatic carbocycles. The van der Waals surface area contributed by atoms with Crippen LogP contribution in [0.15, 0.2) is 24.3 Å². The van der Waals surface area contributed by atoms with Crippen molar-refractivity contribution in [2.24, 2.45) is 5.92 Å². The van der Waals surface area contributed by atoms with Crippen molar-refractivity contribution in [3.63, 3.8) is 0 Å². The second kappa shape index (κ2) is 6.45. The number of benzene rings is 1. The van der Waals surface area contributed by atoms with E-state index in [1.807, 2.05) is 13.8 Å². The van der Waals surface area contributed by atoms with Crippen molar-refractivity contribution < 1.29 is 13.9 Å². The van der Waals surface area contributed by atoms with Crippen LogP contribution in [0, 0.1) is 11.7 Å². The number of fused-ring (bicyclic) bond motifs is 1. The van der Waals surface area contributed by atoms with Crippen LogP contribution in [0.25, 0.3) is 0 Å². The normalized spacial score (nSPS) is 17.1. The van der Waals surface area contributed by atoms with Crippen LogP contribution in [-0.4, -0.2) is 27.4 Å². The zero-order chi connectivity index (χ0) is 16.4. The number of hydrogen-bond acceptors (Lipinski definition) is 4. The SMILES string of the molecule is CC(C)CNC(=O)c1nnn2c1CO[C@H](c1ccc(F)cc1)C2. The third kappa shape index (κ3) is 3.39. The fourth-order valence-electron chi connectivity index (χ4n) is 2.45. The highest BCUT2D eigenvalue weighted by Gasteiger charge is 2.27. The van der Waals surface area contributed by atoms with Gasteiger partial charge in [-0.3, -0.25) is 4.79 Å². The highest BCUT2D eigenvalue weighted by molar-refractivity contribution is 5.93. The van der Waals surface area contributed by atoms with Gasteiger partial charge in [0.15, 0.2) is 5.69 Å². The average molecular weight is 318 g/mol. The first kappa shape index (κ1) is 15.6. The van der Waals surface area contributed by atoms with E-state index in [9.17, 15) is 9.18 Å². The van der Waals surface area contributed by atoms with Crippen LogP contribution in [0.1, 0.15) is 41.7 Å². The van der Waals surface area contributed by atoms with Gasteiger partial charge in [-0.05, 0) is 23.6 Å². The van der Waals surface area contributed by atoms with Crippen molar-refractivity contribution in [1.82, 2.24) is 20.3 Å². The molecule has 2 heterocycles. The Hall–Kier alpha value is -2.28. The van der Waals surface area contributed by atoms with Crippen molar-refractivity contribution in [3.8, 4) is 0 Å². The first-order valence-corrected chi connectivity index (χ1v) is 7.62. The summed E-state index contributed by atoms with van der Waals surface area (Å²) in [5, 5.41) is 10.9. The zero-order valence-electron chi connectivity index (χ0n) is 13.1. The van der Waals surface area contributed by atoms with E-state index in [0.717, 1.165) is 5.56 Å².